The third kappa shape index (κ3) is 3.41. The average molecular weight is 294 g/mol. The topological polar surface area (TPSA) is 65.4 Å². The fourth-order valence-electron chi connectivity index (χ4n) is 2.06. The summed E-state index contributed by atoms with van der Waals surface area (Å²) >= 11 is 5.97. The molecule has 1 saturated heterocycles. The molecule has 0 spiro atoms. The Morgan fingerprint density at radius 2 is 2.20 bits per heavy atom. The van der Waals surface area contributed by atoms with E-state index in [1.807, 2.05) is 13.0 Å². The van der Waals surface area contributed by atoms with E-state index in [-0.39, 0.29) is 11.9 Å². The van der Waals surface area contributed by atoms with Gasteiger partial charge in [0.05, 0.1) is 23.8 Å². The van der Waals surface area contributed by atoms with Crippen molar-refractivity contribution >= 4 is 23.2 Å². The van der Waals surface area contributed by atoms with Crippen molar-refractivity contribution in [2.75, 3.05) is 31.6 Å². The summed E-state index contributed by atoms with van der Waals surface area (Å²) in [6.07, 6.45) is 0. The van der Waals surface area contributed by atoms with Gasteiger partial charge in [0.25, 0.3) is 0 Å². The normalized spacial score (nSPS) is 16.4. The monoisotopic (exact) mass is 293 g/mol. The molecule has 5 nitrogen and oxygen atoms in total. The van der Waals surface area contributed by atoms with E-state index in [0.717, 1.165) is 5.69 Å². The van der Waals surface area contributed by atoms with Crippen LogP contribution < -0.4 is 5.32 Å². The number of morpholine rings is 1. The second-order valence-electron chi connectivity index (χ2n) is 4.61. The van der Waals surface area contributed by atoms with E-state index in [0.29, 0.717) is 36.9 Å². The van der Waals surface area contributed by atoms with Crippen LogP contribution in [-0.4, -0.2) is 43.2 Å². The van der Waals surface area contributed by atoms with Crippen LogP contribution in [0.4, 0.5) is 5.69 Å². The Bertz CT molecular complexity index is 536. The number of amides is 1. The molecule has 1 aliphatic heterocycles. The molecule has 1 amide bonds. The molecule has 0 bridgehead atoms. The number of ether oxygens (including phenoxy) is 1. The van der Waals surface area contributed by atoms with Gasteiger partial charge in [-0.1, -0.05) is 11.6 Å². The number of nitrogens with zero attached hydrogens (tertiary/aromatic N) is 2. The van der Waals surface area contributed by atoms with Gasteiger partial charge < -0.3 is 15.0 Å². The molecule has 106 valence electrons. The van der Waals surface area contributed by atoms with E-state index in [1.54, 1.807) is 23.1 Å². The summed E-state index contributed by atoms with van der Waals surface area (Å²) in [6.45, 7) is 4.23. The lowest BCUT2D eigenvalue weighted by atomic mass is 10.2. The lowest BCUT2D eigenvalue weighted by molar-refractivity contribution is -0.135. The van der Waals surface area contributed by atoms with Crippen LogP contribution >= 0.6 is 11.6 Å². The molecule has 0 saturated carbocycles. The second-order valence-corrected chi connectivity index (χ2v) is 5.02. The van der Waals surface area contributed by atoms with Gasteiger partial charge in [0.15, 0.2) is 0 Å². The van der Waals surface area contributed by atoms with Crippen LogP contribution in [0.2, 0.25) is 5.02 Å². The highest BCUT2D eigenvalue weighted by atomic mass is 35.5. The molecule has 1 fully saturated rings. The molecule has 6 heteroatoms. The number of carbonyl (C=O) groups is 1. The fraction of sp³-hybridized carbons (Fsp3) is 0.429. The number of halogens is 1. The Balaban J connectivity index is 2.00. The SMILES string of the molecule is CC(Nc1ccc(C#N)c(Cl)c1)C(=O)N1CCOCC1. The Morgan fingerprint density at radius 1 is 1.50 bits per heavy atom. The maximum Gasteiger partial charge on any atom is 0.244 e. The van der Waals surface area contributed by atoms with E-state index < -0.39 is 0 Å². The van der Waals surface area contributed by atoms with Crippen LogP contribution in [0, 0.1) is 11.3 Å². The van der Waals surface area contributed by atoms with E-state index in [9.17, 15) is 4.79 Å². The summed E-state index contributed by atoms with van der Waals surface area (Å²) in [7, 11) is 0. The van der Waals surface area contributed by atoms with Gasteiger partial charge in [-0.2, -0.15) is 5.26 Å². The first kappa shape index (κ1) is 14.6. The summed E-state index contributed by atoms with van der Waals surface area (Å²) in [5.41, 5.74) is 1.15. The van der Waals surface area contributed by atoms with Gasteiger partial charge in [-0.25, -0.2) is 0 Å². The highest BCUT2D eigenvalue weighted by molar-refractivity contribution is 6.32. The quantitative estimate of drug-likeness (QED) is 0.924. The highest BCUT2D eigenvalue weighted by Gasteiger charge is 2.22. The van der Waals surface area contributed by atoms with Gasteiger partial charge in [0.1, 0.15) is 12.1 Å². The zero-order valence-electron chi connectivity index (χ0n) is 11.2. The van der Waals surface area contributed by atoms with Crippen molar-refractivity contribution in [2.45, 2.75) is 13.0 Å². The molecule has 1 aliphatic rings. The van der Waals surface area contributed by atoms with Gasteiger partial charge in [-0.3, -0.25) is 4.79 Å². The van der Waals surface area contributed by atoms with E-state index in [4.69, 9.17) is 21.6 Å². The van der Waals surface area contributed by atoms with Crippen molar-refractivity contribution in [3.63, 3.8) is 0 Å². The minimum Gasteiger partial charge on any atom is -0.378 e. The molecule has 1 aromatic carbocycles. The first-order chi connectivity index (χ1) is 9.61. The third-order valence-corrected chi connectivity index (χ3v) is 3.48. The minimum absolute atomic E-state index is 0.0359. The molecular weight excluding hydrogens is 278 g/mol. The largest absolute Gasteiger partial charge is 0.378 e. The van der Waals surface area contributed by atoms with Crippen molar-refractivity contribution in [3.8, 4) is 6.07 Å². The van der Waals surface area contributed by atoms with Gasteiger partial charge in [-0.05, 0) is 25.1 Å². The van der Waals surface area contributed by atoms with Crippen LogP contribution in [-0.2, 0) is 9.53 Å². The molecule has 2 rings (SSSR count). The second kappa shape index (κ2) is 6.60. The molecule has 20 heavy (non-hydrogen) atoms. The maximum absolute atomic E-state index is 12.2. The number of rotatable bonds is 3. The van der Waals surface area contributed by atoms with Crippen LogP contribution in [0.3, 0.4) is 0 Å². The van der Waals surface area contributed by atoms with E-state index in [2.05, 4.69) is 5.32 Å². The number of nitriles is 1. The predicted octanol–water partition coefficient (Wildman–Crippen LogP) is 1.87. The molecule has 0 radical (unpaired) electrons. The van der Waals surface area contributed by atoms with Gasteiger partial charge in [-0.15, -0.1) is 0 Å². The van der Waals surface area contributed by atoms with Crippen LogP contribution in [0.15, 0.2) is 18.2 Å². The Kier molecular flexibility index (Phi) is 4.83. The van der Waals surface area contributed by atoms with Crippen molar-refractivity contribution in [2.24, 2.45) is 0 Å². The minimum atomic E-state index is -0.350. The van der Waals surface area contributed by atoms with E-state index >= 15 is 0 Å². The molecule has 0 aromatic heterocycles. The summed E-state index contributed by atoms with van der Waals surface area (Å²) in [5, 5.41) is 12.3. The highest BCUT2D eigenvalue weighted by Crippen LogP contribution is 2.21. The zero-order valence-corrected chi connectivity index (χ0v) is 12.0. The molecule has 0 aliphatic carbocycles. The van der Waals surface area contributed by atoms with Gasteiger partial charge in [0.2, 0.25) is 5.91 Å². The maximum atomic E-state index is 12.2. The lowest BCUT2D eigenvalue weighted by Gasteiger charge is -2.29. The summed E-state index contributed by atoms with van der Waals surface area (Å²) < 4.78 is 5.23. The van der Waals surface area contributed by atoms with Gasteiger partial charge in [0, 0.05) is 18.8 Å². The molecule has 1 N–H and O–H groups in total. The van der Waals surface area contributed by atoms with Crippen molar-refractivity contribution < 1.29 is 9.53 Å². The van der Waals surface area contributed by atoms with Crippen LogP contribution in [0.1, 0.15) is 12.5 Å². The molecule has 1 aromatic rings. The van der Waals surface area contributed by atoms with Crippen LogP contribution in [0.5, 0.6) is 0 Å². The van der Waals surface area contributed by atoms with E-state index in [1.165, 1.54) is 0 Å². The summed E-state index contributed by atoms with van der Waals surface area (Å²) in [5.74, 6) is 0.0359. The van der Waals surface area contributed by atoms with Crippen LogP contribution in [0.25, 0.3) is 0 Å². The molecular formula is C14H16ClN3O2. The number of benzene rings is 1. The number of hydrogen-bond acceptors (Lipinski definition) is 4. The van der Waals surface area contributed by atoms with Gasteiger partial charge >= 0.3 is 0 Å². The Hall–Kier alpha value is -1.77. The first-order valence-corrected chi connectivity index (χ1v) is 6.82. The first-order valence-electron chi connectivity index (χ1n) is 6.44. The fourth-order valence-corrected chi connectivity index (χ4v) is 2.29. The smallest absolute Gasteiger partial charge is 0.244 e. The third-order valence-electron chi connectivity index (χ3n) is 3.17. The van der Waals surface area contributed by atoms with Crippen molar-refractivity contribution in [1.29, 1.82) is 5.26 Å². The number of anilines is 1. The predicted molar refractivity (Wildman–Crippen MR) is 76.7 cm³/mol. The number of hydrogen-bond donors (Lipinski definition) is 1. The molecule has 1 atom stereocenters. The lowest BCUT2D eigenvalue weighted by Crippen LogP contribution is -2.46. The number of nitrogens with one attached hydrogen (secondary N) is 1. The Labute approximate surface area is 123 Å². The summed E-state index contributed by atoms with van der Waals surface area (Å²) in [6, 6.07) is 6.69. The molecule has 1 heterocycles. The Morgan fingerprint density at radius 3 is 2.80 bits per heavy atom. The standard InChI is InChI=1S/C14H16ClN3O2/c1-10(14(19)18-4-6-20-7-5-18)17-12-3-2-11(9-16)13(15)8-12/h2-3,8,10,17H,4-7H2,1H3. The average Bonchev–Trinajstić information content (AvgIpc) is 2.47. The van der Waals surface area contributed by atoms with Crippen molar-refractivity contribution in [3.05, 3.63) is 28.8 Å². The molecule has 1 unspecified atom stereocenters. The zero-order chi connectivity index (χ0) is 14.5. The number of carbonyl (C=O) groups excluding carboxylic acids is 1. The van der Waals surface area contributed by atoms with Crippen molar-refractivity contribution in [1.82, 2.24) is 4.90 Å². The summed E-state index contributed by atoms with van der Waals surface area (Å²) in [4.78, 5) is 14.0.